The number of ether oxygens (including phenoxy) is 1. The highest BCUT2D eigenvalue weighted by Gasteiger charge is 2.13. The van der Waals surface area contributed by atoms with E-state index in [-0.39, 0.29) is 12.7 Å². The molecule has 0 heterocycles. The second-order valence-electron chi connectivity index (χ2n) is 5.16. The number of carbonyl (C=O) groups is 1. The number of aliphatic hydroxyl groups excluding tert-OH is 1. The molecule has 0 aromatic carbocycles. The van der Waals surface area contributed by atoms with Crippen LogP contribution in [-0.4, -0.2) is 73.5 Å². The molecule has 0 aliphatic rings. The normalized spacial score (nSPS) is 10.9. The summed E-state index contributed by atoms with van der Waals surface area (Å²) in [5.74, 6) is 0. The molecule has 0 bridgehead atoms. The van der Waals surface area contributed by atoms with Crippen LogP contribution in [0.5, 0.6) is 0 Å². The highest BCUT2D eigenvalue weighted by atomic mass is 16.6. The molecular formula is C15H33N3O3. The van der Waals surface area contributed by atoms with Gasteiger partial charge in [-0.05, 0) is 25.8 Å². The van der Waals surface area contributed by atoms with Gasteiger partial charge in [-0.15, -0.1) is 0 Å². The first-order valence-electron chi connectivity index (χ1n) is 8.14. The van der Waals surface area contributed by atoms with Crippen LogP contribution in [0.4, 0.5) is 4.79 Å². The summed E-state index contributed by atoms with van der Waals surface area (Å²) in [6.45, 7) is 9.05. The fourth-order valence-corrected chi connectivity index (χ4v) is 2.14. The number of aliphatic hydroxyl groups is 1. The van der Waals surface area contributed by atoms with Crippen molar-refractivity contribution >= 4 is 6.09 Å². The summed E-state index contributed by atoms with van der Waals surface area (Å²) in [7, 11) is 0. The Labute approximate surface area is 129 Å². The van der Waals surface area contributed by atoms with Gasteiger partial charge in [0.1, 0.15) is 0 Å². The van der Waals surface area contributed by atoms with E-state index in [1.54, 1.807) is 4.90 Å². The first-order valence-corrected chi connectivity index (χ1v) is 8.14. The van der Waals surface area contributed by atoms with Gasteiger partial charge in [-0.2, -0.15) is 0 Å². The predicted molar refractivity (Wildman–Crippen MR) is 85.3 cm³/mol. The lowest BCUT2D eigenvalue weighted by Gasteiger charge is -2.22. The van der Waals surface area contributed by atoms with Crippen molar-refractivity contribution < 1.29 is 14.6 Å². The summed E-state index contributed by atoms with van der Waals surface area (Å²) < 4.78 is 5.28. The average Bonchev–Trinajstić information content (AvgIpc) is 2.48. The van der Waals surface area contributed by atoms with Crippen LogP contribution in [0.2, 0.25) is 0 Å². The molecule has 1 amide bonds. The lowest BCUT2D eigenvalue weighted by atomic mass is 10.3. The van der Waals surface area contributed by atoms with Crippen LogP contribution in [0.3, 0.4) is 0 Å². The Kier molecular flexibility index (Phi) is 13.5. The third-order valence-electron chi connectivity index (χ3n) is 3.24. The number of nitrogens with zero attached hydrogens (tertiary/aromatic N) is 2. The van der Waals surface area contributed by atoms with Crippen LogP contribution in [0.15, 0.2) is 0 Å². The minimum atomic E-state index is -0.321. The summed E-state index contributed by atoms with van der Waals surface area (Å²) in [5, 5.41) is 8.98. The maximum absolute atomic E-state index is 11.9. The van der Waals surface area contributed by atoms with Gasteiger partial charge in [-0.3, -0.25) is 0 Å². The lowest BCUT2D eigenvalue weighted by Crippen LogP contribution is -2.36. The van der Waals surface area contributed by atoms with E-state index in [4.69, 9.17) is 15.6 Å². The van der Waals surface area contributed by atoms with Crippen molar-refractivity contribution in [1.82, 2.24) is 9.80 Å². The molecule has 0 radical (unpaired) electrons. The number of carbonyl (C=O) groups excluding carboxylic acids is 1. The molecule has 0 aliphatic heterocycles. The number of hydrogen-bond acceptors (Lipinski definition) is 5. The molecule has 6 heteroatoms. The van der Waals surface area contributed by atoms with Crippen molar-refractivity contribution in [3.05, 3.63) is 0 Å². The fraction of sp³-hybridized carbons (Fsp3) is 0.933. The van der Waals surface area contributed by atoms with Crippen molar-refractivity contribution in [2.75, 3.05) is 52.5 Å². The zero-order chi connectivity index (χ0) is 15.9. The van der Waals surface area contributed by atoms with Gasteiger partial charge in [0.05, 0.1) is 13.2 Å². The zero-order valence-electron chi connectivity index (χ0n) is 13.7. The topological polar surface area (TPSA) is 79.0 Å². The Morgan fingerprint density at radius 3 is 2.38 bits per heavy atom. The molecule has 126 valence electrons. The van der Waals surface area contributed by atoms with E-state index in [0.717, 1.165) is 45.3 Å². The second kappa shape index (κ2) is 14.1. The van der Waals surface area contributed by atoms with E-state index < -0.39 is 0 Å². The Hall–Kier alpha value is -0.850. The van der Waals surface area contributed by atoms with Crippen molar-refractivity contribution in [3.8, 4) is 0 Å². The minimum absolute atomic E-state index is 0.0282. The van der Waals surface area contributed by atoms with E-state index in [2.05, 4.69) is 18.7 Å². The molecule has 0 rings (SSSR count). The minimum Gasteiger partial charge on any atom is -0.449 e. The van der Waals surface area contributed by atoms with Crippen molar-refractivity contribution in [1.29, 1.82) is 0 Å². The largest absolute Gasteiger partial charge is 0.449 e. The van der Waals surface area contributed by atoms with Crippen LogP contribution >= 0.6 is 0 Å². The average molecular weight is 303 g/mol. The number of nitrogens with two attached hydrogens (primary N) is 1. The summed E-state index contributed by atoms with van der Waals surface area (Å²) in [6.07, 6.45) is 3.53. The van der Waals surface area contributed by atoms with Crippen molar-refractivity contribution in [3.63, 3.8) is 0 Å². The number of rotatable bonds is 13. The molecular weight excluding hydrogens is 270 g/mol. The van der Waals surface area contributed by atoms with E-state index in [0.29, 0.717) is 26.2 Å². The van der Waals surface area contributed by atoms with Gasteiger partial charge in [0.25, 0.3) is 0 Å². The van der Waals surface area contributed by atoms with Crippen LogP contribution in [0.1, 0.15) is 39.5 Å². The SMILES string of the molecule is CCCCN(CCO)C(=O)OCCCN(CCC)CCN. The van der Waals surface area contributed by atoms with Gasteiger partial charge < -0.3 is 25.4 Å². The molecule has 0 aromatic rings. The monoisotopic (exact) mass is 303 g/mol. The van der Waals surface area contributed by atoms with Crippen LogP contribution in [0, 0.1) is 0 Å². The predicted octanol–water partition coefficient (Wildman–Crippen LogP) is 1.28. The molecule has 0 atom stereocenters. The quantitative estimate of drug-likeness (QED) is 0.501. The van der Waals surface area contributed by atoms with E-state index in [9.17, 15) is 4.79 Å². The van der Waals surface area contributed by atoms with Crippen LogP contribution in [-0.2, 0) is 4.74 Å². The Morgan fingerprint density at radius 1 is 1.05 bits per heavy atom. The third-order valence-corrected chi connectivity index (χ3v) is 3.24. The van der Waals surface area contributed by atoms with Gasteiger partial charge in [0.15, 0.2) is 0 Å². The maximum atomic E-state index is 11.9. The highest BCUT2D eigenvalue weighted by molar-refractivity contribution is 5.67. The number of unbranched alkanes of at least 4 members (excludes halogenated alkanes) is 1. The van der Waals surface area contributed by atoms with Crippen LogP contribution in [0.25, 0.3) is 0 Å². The highest BCUT2D eigenvalue weighted by Crippen LogP contribution is 2.00. The summed E-state index contributed by atoms with van der Waals surface area (Å²) >= 11 is 0. The van der Waals surface area contributed by atoms with Gasteiger partial charge in [0, 0.05) is 32.7 Å². The molecule has 0 spiro atoms. The van der Waals surface area contributed by atoms with E-state index in [1.165, 1.54) is 0 Å². The Bertz CT molecular complexity index is 246. The second-order valence-corrected chi connectivity index (χ2v) is 5.16. The van der Waals surface area contributed by atoms with Crippen LogP contribution < -0.4 is 5.73 Å². The molecule has 0 saturated carbocycles. The van der Waals surface area contributed by atoms with Gasteiger partial charge in [-0.1, -0.05) is 20.3 Å². The Balaban J connectivity index is 3.92. The number of amides is 1. The van der Waals surface area contributed by atoms with E-state index >= 15 is 0 Å². The lowest BCUT2D eigenvalue weighted by molar-refractivity contribution is 0.0895. The molecule has 0 aromatic heterocycles. The standard InChI is InChI=1S/C15H33N3O3/c1-3-5-10-18(12-13-19)15(20)21-14-6-9-17(8-4-2)11-7-16/h19H,3-14,16H2,1-2H3. The molecule has 6 nitrogen and oxygen atoms in total. The maximum Gasteiger partial charge on any atom is 0.409 e. The first-order chi connectivity index (χ1) is 10.2. The van der Waals surface area contributed by atoms with Gasteiger partial charge in [-0.25, -0.2) is 4.79 Å². The van der Waals surface area contributed by atoms with Gasteiger partial charge in [0.2, 0.25) is 0 Å². The van der Waals surface area contributed by atoms with E-state index in [1.807, 2.05) is 0 Å². The molecule has 0 saturated heterocycles. The molecule has 0 unspecified atom stereocenters. The summed E-state index contributed by atoms with van der Waals surface area (Å²) in [6, 6.07) is 0. The smallest absolute Gasteiger partial charge is 0.409 e. The third kappa shape index (κ3) is 10.5. The first kappa shape index (κ1) is 20.1. The fourth-order valence-electron chi connectivity index (χ4n) is 2.14. The summed E-state index contributed by atoms with van der Waals surface area (Å²) in [4.78, 5) is 15.8. The summed E-state index contributed by atoms with van der Waals surface area (Å²) in [5.41, 5.74) is 5.57. The molecule has 0 aliphatic carbocycles. The van der Waals surface area contributed by atoms with Gasteiger partial charge >= 0.3 is 6.09 Å². The number of hydrogen-bond donors (Lipinski definition) is 2. The molecule has 3 N–H and O–H groups in total. The Morgan fingerprint density at radius 2 is 1.81 bits per heavy atom. The molecule has 21 heavy (non-hydrogen) atoms. The zero-order valence-corrected chi connectivity index (χ0v) is 13.7. The van der Waals surface area contributed by atoms with Crippen molar-refractivity contribution in [2.45, 2.75) is 39.5 Å². The molecule has 0 fully saturated rings. The van der Waals surface area contributed by atoms with Crippen molar-refractivity contribution in [2.24, 2.45) is 5.73 Å².